The van der Waals surface area contributed by atoms with E-state index in [9.17, 15) is 4.79 Å². The summed E-state index contributed by atoms with van der Waals surface area (Å²) in [7, 11) is 1.53. The molecule has 1 N–H and O–H groups in total. The van der Waals surface area contributed by atoms with Crippen LogP contribution in [0.1, 0.15) is 17.3 Å². The summed E-state index contributed by atoms with van der Waals surface area (Å²) in [4.78, 5) is 17.5. The largest absolute Gasteiger partial charge is 0.496 e. The molecule has 0 saturated carbocycles. The van der Waals surface area contributed by atoms with Gasteiger partial charge in [-0.25, -0.2) is 4.98 Å². The Labute approximate surface area is 165 Å². The summed E-state index contributed by atoms with van der Waals surface area (Å²) in [6.45, 7) is 2.07. The van der Waals surface area contributed by atoms with Crippen LogP contribution in [0.15, 0.2) is 52.9 Å². The number of thioether (sulfide) groups is 1. The van der Waals surface area contributed by atoms with Crippen LogP contribution in [0.5, 0.6) is 5.75 Å². The lowest BCUT2D eigenvalue weighted by Gasteiger charge is -2.09. The van der Waals surface area contributed by atoms with Gasteiger partial charge in [-0.05, 0) is 24.0 Å². The van der Waals surface area contributed by atoms with Crippen molar-refractivity contribution in [1.82, 2.24) is 4.98 Å². The Hall–Kier alpha value is -2.02. The minimum Gasteiger partial charge on any atom is -0.496 e. The van der Waals surface area contributed by atoms with Crippen molar-refractivity contribution >= 4 is 45.6 Å². The number of ether oxygens (including phenoxy) is 1. The van der Waals surface area contributed by atoms with Crippen LogP contribution >= 0.6 is 34.7 Å². The fourth-order valence-electron chi connectivity index (χ4n) is 2.39. The van der Waals surface area contributed by atoms with Gasteiger partial charge in [0.15, 0.2) is 4.34 Å². The first-order valence-corrected chi connectivity index (χ1v) is 10.1. The van der Waals surface area contributed by atoms with E-state index in [1.54, 1.807) is 30.0 Å². The smallest absolute Gasteiger partial charge is 0.260 e. The summed E-state index contributed by atoms with van der Waals surface area (Å²) in [6.07, 6.45) is 0. The molecule has 0 aliphatic heterocycles. The number of nitrogens with zero attached hydrogens (tertiary/aromatic N) is 1. The van der Waals surface area contributed by atoms with Gasteiger partial charge in [-0.2, -0.15) is 0 Å². The molecular weight excluding hydrogens is 388 g/mol. The topological polar surface area (TPSA) is 51.2 Å². The van der Waals surface area contributed by atoms with Gasteiger partial charge >= 0.3 is 0 Å². The zero-order valence-corrected chi connectivity index (χ0v) is 16.7. The van der Waals surface area contributed by atoms with Gasteiger partial charge in [0.05, 0.1) is 12.7 Å². The molecule has 0 radical (unpaired) electrons. The highest BCUT2D eigenvalue weighted by atomic mass is 35.5. The van der Waals surface area contributed by atoms with Crippen molar-refractivity contribution < 1.29 is 9.53 Å². The fraction of sp³-hybridized carbons (Fsp3) is 0.158. The number of hydrogen-bond acceptors (Lipinski definition) is 5. The fourth-order valence-corrected chi connectivity index (χ4v) is 4.52. The molecule has 1 amide bonds. The third kappa shape index (κ3) is 4.20. The molecule has 0 fully saturated rings. The van der Waals surface area contributed by atoms with Gasteiger partial charge in [0.1, 0.15) is 16.4 Å². The maximum Gasteiger partial charge on any atom is 0.260 e. The van der Waals surface area contributed by atoms with E-state index in [1.807, 2.05) is 30.3 Å². The van der Waals surface area contributed by atoms with Crippen molar-refractivity contribution in [3.63, 3.8) is 0 Å². The first kappa shape index (κ1) is 18.8. The van der Waals surface area contributed by atoms with Gasteiger partial charge in [-0.15, -0.1) is 0 Å². The van der Waals surface area contributed by atoms with Gasteiger partial charge in [0.2, 0.25) is 0 Å². The van der Waals surface area contributed by atoms with Crippen molar-refractivity contribution in [2.75, 3.05) is 18.2 Å². The average molecular weight is 405 g/mol. The number of anilines is 1. The molecule has 134 valence electrons. The lowest BCUT2D eigenvalue weighted by atomic mass is 10.1. The lowest BCUT2D eigenvalue weighted by Crippen LogP contribution is -2.13. The monoisotopic (exact) mass is 404 g/mol. The first-order chi connectivity index (χ1) is 12.6. The van der Waals surface area contributed by atoms with Crippen LogP contribution in [-0.2, 0) is 0 Å². The zero-order chi connectivity index (χ0) is 18.5. The van der Waals surface area contributed by atoms with Gasteiger partial charge in [-0.3, -0.25) is 4.79 Å². The Morgan fingerprint density at radius 1 is 1.27 bits per heavy atom. The van der Waals surface area contributed by atoms with Crippen LogP contribution in [-0.4, -0.2) is 23.8 Å². The number of thiazole rings is 1. The Morgan fingerprint density at radius 3 is 2.73 bits per heavy atom. The van der Waals surface area contributed by atoms with Gasteiger partial charge in [-0.1, -0.05) is 72.0 Å². The van der Waals surface area contributed by atoms with E-state index in [1.165, 1.54) is 18.4 Å². The average Bonchev–Trinajstić information content (AvgIpc) is 3.05. The normalized spacial score (nSPS) is 10.6. The third-order valence-electron chi connectivity index (χ3n) is 3.56. The van der Waals surface area contributed by atoms with Gasteiger partial charge < -0.3 is 10.1 Å². The molecule has 0 bridgehead atoms. The predicted octanol–water partition coefficient (Wildman–Crippen LogP) is 5.84. The van der Waals surface area contributed by atoms with E-state index < -0.39 is 0 Å². The summed E-state index contributed by atoms with van der Waals surface area (Å²) in [5.41, 5.74) is 2.11. The van der Waals surface area contributed by atoms with Crippen LogP contribution in [0, 0.1) is 0 Å². The minimum atomic E-state index is -0.279. The molecule has 7 heteroatoms. The first-order valence-electron chi connectivity index (χ1n) is 7.96. The molecule has 1 heterocycles. The van der Waals surface area contributed by atoms with Crippen LogP contribution in [0.3, 0.4) is 0 Å². The highest BCUT2D eigenvalue weighted by Crippen LogP contribution is 2.38. The second kappa shape index (κ2) is 8.58. The maximum atomic E-state index is 12.8. The van der Waals surface area contributed by atoms with Crippen molar-refractivity contribution in [3.8, 4) is 17.0 Å². The highest BCUT2D eigenvalue weighted by Gasteiger charge is 2.19. The molecule has 0 aliphatic carbocycles. The van der Waals surface area contributed by atoms with Crippen molar-refractivity contribution in [1.29, 1.82) is 0 Å². The number of hydrogen-bond donors (Lipinski definition) is 1. The molecule has 2 aromatic carbocycles. The molecule has 3 aromatic rings. The van der Waals surface area contributed by atoms with Gasteiger partial charge in [0, 0.05) is 10.6 Å². The molecule has 4 nitrogen and oxygen atoms in total. The number of aromatic nitrogens is 1. The molecule has 0 aliphatic rings. The predicted molar refractivity (Wildman–Crippen MR) is 110 cm³/mol. The second-order valence-corrected chi connectivity index (χ2v) is 8.20. The third-order valence-corrected chi connectivity index (χ3v) is 5.79. The van der Waals surface area contributed by atoms with Crippen LogP contribution < -0.4 is 10.1 Å². The number of carbonyl (C=O) groups is 1. The van der Waals surface area contributed by atoms with Crippen molar-refractivity contribution in [3.05, 3.63) is 59.1 Å². The molecule has 0 spiro atoms. The summed E-state index contributed by atoms with van der Waals surface area (Å²) in [5, 5.41) is 4.16. The molecule has 0 unspecified atom stereocenters. The standard InChI is InChI=1S/C19H17ClN2O2S2/c1-3-25-19-21-16(12-7-5-4-6-8-12)18(26-19)22-17(23)14-11-13(20)9-10-15(14)24-2/h4-11H,3H2,1-2H3,(H,22,23). The Balaban J connectivity index is 1.96. The highest BCUT2D eigenvalue weighted by molar-refractivity contribution is 8.01. The number of amides is 1. The molecule has 0 saturated heterocycles. The number of rotatable bonds is 6. The van der Waals surface area contributed by atoms with E-state index in [4.69, 9.17) is 16.3 Å². The Kier molecular flexibility index (Phi) is 6.19. The summed E-state index contributed by atoms with van der Waals surface area (Å²) >= 11 is 9.16. The number of carbonyl (C=O) groups excluding carboxylic acids is 1. The van der Waals surface area contributed by atoms with Crippen LogP contribution in [0.25, 0.3) is 11.3 Å². The van der Waals surface area contributed by atoms with E-state index in [0.717, 1.165) is 21.3 Å². The second-order valence-electron chi connectivity index (χ2n) is 5.26. The maximum absolute atomic E-state index is 12.8. The zero-order valence-electron chi connectivity index (χ0n) is 14.3. The number of halogens is 1. The number of nitrogens with one attached hydrogen (secondary N) is 1. The molecule has 26 heavy (non-hydrogen) atoms. The van der Waals surface area contributed by atoms with Crippen molar-refractivity contribution in [2.24, 2.45) is 0 Å². The van der Waals surface area contributed by atoms with Crippen LogP contribution in [0.4, 0.5) is 5.00 Å². The SMILES string of the molecule is CCSc1nc(-c2ccccc2)c(NC(=O)c2cc(Cl)ccc2OC)s1. The summed E-state index contributed by atoms with van der Waals surface area (Å²) < 4.78 is 6.20. The van der Waals surface area contributed by atoms with Crippen molar-refractivity contribution in [2.45, 2.75) is 11.3 Å². The Bertz CT molecular complexity index is 913. The quantitative estimate of drug-likeness (QED) is 0.524. The van der Waals surface area contributed by atoms with Gasteiger partial charge in [0.25, 0.3) is 5.91 Å². The molecular formula is C19H17ClN2O2S2. The lowest BCUT2D eigenvalue weighted by molar-refractivity contribution is 0.102. The Morgan fingerprint density at radius 2 is 2.04 bits per heavy atom. The number of methoxy groups -OCH3 is 1. The number of benzene rings is 2. The summed E-state index contributed by atoms with van der Waals surface area (Å²) in [6, 6.07) is 14.8. The van der Waals surface area contributed by atoms with Crippen LogP contribution in [0.2, 0.25) is 5.02 Å². The minimum absolute atomic E-state index is 0.279. The summed E-state index contributed by atoms with van der Waals surface area (Å²) in [5.74, 6) is 1.11. The van der Waals surface area contributed by atoms with E-state index in [2.05, 4.69) is 17.2 Å². The molecule has 0 atom stereocenters. The van der Waals surface area contributed by atoms with E-state index >= 15 is 0 Å². The van der Waals surface area contributed by atoms with E-state index in [-0.39, 0.29) is 5.91 Å². The van der Waals surface area contributed by atoms with E-state index in [0.29, 0.717) is 21.3 Å². The molecule has 3 rings (SSSR count). The molecule has 1 aromatic heterocycles.